The Morgan fingerprint density at radius 3 is 2.60 bits per heavy atom. The number of benzene rings is 2. The van der Waals surface area contributed by atoms with Gasteiger partial charge in [-0.25, -0.2) is 9.78 Å². The summed E-state index contributed by atoms with van der Waals surface area (Å²) in [4.78, 5) is 45.9. The van der Waals surface area contributed by atoms with Crippen LogP contribution in [0.3, 0.4) is 0 Å². The Balaban J connectivity index is 1.91. The Labute approximate surface area is 249 Å². The van der Waals surface area contributed by atoms with Crippen LogP contribution in [-0.4, -0.2) is 48.1 Å². The number of nitrogens with zero attached hydrogens (tertiary/aromatic N) is 2. The third-order valence-electron chi connectivity index (χ3n) is 6.86. The van der Waals surface area contributed by atoms with Crippen LogP contribution in [0.5, 0.6) is 11.5 Å². The highest BCUT2D eigenvalue weighted by atomic mass is 32.1. The van der Waals surface area contributed by atoms with Gasteiger partial charge in [0.25, 0.3) is 5.78 Å². The topological polar surface area (TPSA) is 115 Å². The fraction of sp³-hybridized carbons (Fsp3) is 0.312. The minimum Gasteiger partial charge on any atom is -0.507 e. The van der Waals surface area contributed by atoms with Gasteiger partial charge in [0.1, 0.15) is 17.2 Å². The third kappa shape index (κ3) is 5.94. The Hall–Kier alpha value is -4.44. The van der Waals surface area contributed by atoms with Crippen molar-refractivity contribution in [2.24, 2.45) is 0 Å². The zero-order valence-corrected chi connectivity index (χ0v) is 25.2. The highest BCUT2D eigenvalue weighted by molar-refractivity contribution is 7.17. The van der Waals surface area contributed by atoms with Crippen LogP contribution >= 0.6 is 11.3 Å². The van der Waals surface area contributed by atoms with E-state index >= 15 is 0 Å². The molecule has 1 N–H and O–H groups in total. The van der Waals surface area contributed by atoms with Gasteiger partial charge in [-0.2, -0.15) is 0 Å². The number of rotatable bonds is 11. The van der Waals surface area contributed by atoms with Crippen LogP contribution in [-0.2, 0) is 14.3 Å². The Bertz CT molecular complexity index is 1570. The van der Waals surface area contributed by atoms with Crippen LogP contribution in [0, 0.1) is 20.8 Å². The van der Waals surface area contributed by atoms with Crippen LogP contribution in [0.1, 0.15) is 63.4 Å². The SMILES string of the molecule is C=CCOC(=O)c1sc(N2C(=O)C(=O)/C(=C(/O)c3cc(C)ccc3C)C2c2ccc(OCCCC)c(OC)c2)nc1C. The van der Waals surface area contributed by atoms with Crippen LogP contribution < -0.4 is 14.4 Å². The van der Waals surface area contributed by atoms with Crippen molar-refractivity contribution in [1.29, 1.82) is 0 Å². The first kappa shape index (κ1) is 30.5. The molecule has 0 aliphatic carbocycles. The van der Waals surface area contributed by atoms with E-state index in [2.05, 4.69) is 18.5 Å². The summed E-state index contributed by atoms with van der Waals surface area (Å²) in [6, 6.07) is 9.56. The molecule has 1 saturated heterocycles. The first-order valence-electron chi connectivity index (χ1n) is 13.6. The van der Waals surface area contributed by atoms with Crippen molar-refractivity contribution >= 4 is 39.9 Å². The van der Waals surface area contributed by atoms with Gasteiger partial charge in [-0.05, 0) is 56.5 Å². The van der Waals surface area contributed by atoms with Crippen LogP contribution in [0.15, 0.2) is 54.6 Å². The predicted octanol–water partition coefficient (Wildman–Crippen LogP) is 6.22. The van der Waals surface area contributed by atoms with Crippen LogP contribution in [0.25, 0.3) is 5.76 Å². The Morgan fingerprint density at radius 2 is 1.90 bits per heavy atom. The lowest BCUT2D eigenvalue weighted by Crippen LogP contribution is -2.29. The first-order chi connectivity index (χ1) is 20.1. The van der Waals surface area contributed by atoms with Gasteiger partial charge >= 0.3 is 11.9 Å². The summed E-state index contributed by atoms with van der Waals surface area (Å²) < 4.78 is 16.7. The summed E-state index contributed by atoms with van der Waals surface area (Å²) in [5, 5.41) is 11.7. The van der Waals surface area contributed by atoms with Crippen molar-refractivity contribution in [3.05, 3.63) is 87.5 Å². The van der Waals surface area contributed by atoms with E-state index in [1.807, 2.05) is 26.0 Å². The molecule has 2 aromatic carbocycles. The first-order valence-corrected chi connectivity index (χ1v) is 14.4. The molecule has 0 bridgehead atoms. The molecule has 10 heteroatoms. The number of esters is 1. The van der Waals surface area contributed by atoms with E-state index in [0.29, 0.717) is 34.9 Å². The number of aryl methyl sites for hydroxylation is 3. The van der Waals surface area contributed by atoms with Crippen molar-refractivity contribution < 1.29 is 33.7 Å². The van der Waals surface area contributed by atoms with Crippen molar-refractivity contribution in [2.75, 3.05) is 25.2 Å². The molecule has 2 heterocycles. The number of aliphatic hydroxyl groups excluding tert-OH is 1. The van der Waals surface area contributed by atoms with E-state index in [1.165, 1.54) is 18.1 Å². The lowest BCUT2D eigenvalue weighted by Gasteiger charge is -2.24. The molecule has 1 fully saturated rings. The molecule has 9 nitrogen and oxygen atoms in total. The number of aromatic nitrogens is 1. The quantitative estimate of drug-likeness (QED) is 0.0699. The van der Waals surface area contributed by atoms with Crippen LogP contribution in [0.2, 0.25) is 0 Å². The summed E-state index contributed by atoms with van der Waals surface area (Å²) in [7, 11) is 1.50. The van der Waals surface area contributed by atoms with E-state index < -0.39 is 23.7 Å². The van der Waals surface area contributed by atoms with E-state index in [4.69, 9.17) is 14.2 Å². The molecule has 1 atom stereocenters. The average Bonchev–Trinajstić information content (AvgIpc) is 3.49. The molecular weight excluding hydrogens is 556 g/mol. The largest absolute Gasteiger partial charge is 0.507 e. The van der Waals surface area contributed by atoms with Gasteiger partial charge < -0.3 is 19.3 Å². The van der Waals surface area contributed by atoms with Crippen molar-refractivity contribution in [2.45, 2.75) is 46.6 Å². The molecular formula is C32H34N2O7S. The minimum atomic E-state index is -1.06. The van der Waals surface area contributed by atoms with E-state index in [-0.39, 0.29) is 27.9 Å². The number of carbonyl (C=O) groups is 3. The molecule has 4 rings (SSSR count). The molecule has 1 aliphatic rings. The van der Waals surface area contributed by atoms with E-state index in [9.17, 15) is 19.5 Å². The number of hydrogen-bond acceptors (Lipinski definition) is 9. The van der Waals surface area contributed by atoms with Gasteiger partial charge in [-0.1, -0.05) is 61.1 Å². The molecule has 42 heavy (non-hydrogen) atoms. The smallest absolute Gasteiger partial charge is 0.350 e. The number of thiazole rings is 1. The number of unbranched alkanes of at least 4 members (excludes halogenated alkanes) is 1. The second-order valence-electron chi connectivity index (χ2n) is 9.90. The fourth-order valence-electron chi connectivity index (χ4n) is 4.66. The normalized spacial score (nSPS) is 16.0. The molecule has 0 saturated carbocycles. The van der Waals surface area contributed by atoms with Gasteiger partial charge in [0.15, 0.2) is 16.6 Å². The number of aliphatic hydroxyl groups is 1. The van der Waals surface area contributed by atoms with Gasteiger partial charge in [0.05, 0.1) is 31.0 Å². The number of Topliss-reactive ketones (excluding diaryl/α,β-unsaturated/α-hetero) is 1. The Kier molecular flexibility index (Phi) is 9.47. The predicted molar refractivity (Wildman–Crippen MR) is 161 cm³/mol. The number of anilines is 1. The molecule has 1 amide bonds. The van der Waals surface area contributed by atoms with Gasteiger partial charge in [0.2, 0.25) is 0 Å². The second-order valence-corrected chi connectivity index (χ2v) is 10.9. The number of hydrogen-bond donors (Lipinski definition) is 1. The molecule has 1 aromatic heterocycles. The van der Waals surface area contributed by atoms with Gasteiger partial charge in [-0.3, -0.25) is 14.5 Å². The summed E-state index contributed by atoms with van der Waals surface area (Å²) in [6.07, 6.45) is 3.27. The Morgan fingerprint density at radius 1 is 1.14 bits per heavy atom. The fourth-order valence-corrected chi connectivity index (χ4v) is 5.64. The van der Waals surface area contributed by atoms with E-state index in [0.717, 1.165) is 35.3 Å². The molecule has 0 radical (unpaired) electrons. The lowest BCUT2D eigenvalue weighted by atomic mass is 9.93. The summed E-state index contributed by atoms with van der Waals surface area (Å²) in [6.45, 7) is 11.4. The molecule has 1 unspecified atom stereocenters. The molecule has 0 spiro atoms. The van der Waals surface area contributed by atoms with Gasteiger partial charge in [0, 0.05) is 5.56 Å². The maximum absolute atomic E-state index is 13.7. The molecule has 220 valence electrons. The lowest BCUT2D eigenvalue weighted by molar-refractivity contribution is -0.132. The van der Waals surface area contributed by atoms with Crippen molar-refractivity contribution in [3.8, 4) is 11.5 Å². The summed E-state index contributed by atoms with van der Waals surface area (Å²) >= 11 is 0.934. The maximum atomic E-state index is 13.7. The number of methoxy groups -OCH3 is 1. The van der Waals surface area contributed by atoms with Gasteiger partial charge in [-0.15, -0.1) is 0 Å². The van der Waals surface area contributed by atoms with Crippen LogP contribution in [0.4, 0.5) is 5.13 Å². The molecule has 1 aliphatic heterocycles. The monoisotopic (exact) mass is 590 g/mol. The van der Waals surface area contributed by atoms with Crippen molar-refractivity contribution in [1.82, 2.24) is 4.98 Å². The number of ether oxygens (including phenoxy) is 3. The number of amides is 1. The minimum absolute atomic E-state index is 0.0122. The zero-order valence-electron chi connectivity index (χ0n) is 24.4. The molecule has 3 aromatic rings. The number of ketones is 1. The summed E-state index contributed by atoms with van der Waals surface area (Å²) in [5.74, 6) is -1.75. The standard InChI is InChI=1S/C32H34N2O7S/c1-7-9-15-40-23-13-12-21(17-24(23)39-6)26-25(27(35)22-16-18(3)10-11-19(22)4)28(36)30(37)34(26)32-33-20(5)29(42-32)31(38)41-14-8-2/h8,10-13,16-17,26,35H,2,7,9,14-15H2,1,3-6H3/b27-25+. The highest BCUT2D eigenvalue weighted by Crippen LogP contribution is 2.46. The highest BCUT2D eigenvalue weighted by Gasteiger charge is 2.48. The maximum Gasteiger partial charge on any atom is 0.350 e. The zero-order chi connectivity index (χ0) is 30.6. The number of carbonyl (C=O) groups excluding carboxylic acids is 3. The summed E-state index contributed by atoms with van der Waals surface area (Å²) in [5.41, 5.74) is 2.78. The second kappa shape index (κ2) is 13.0. The van der Waals surface area contributed by atoms with Crippen molar-refractivity contribution in [3.63, 3.8) is 0 Å². The average molecular weight is 591 g/mol. The third-order valence-corrected chi connectivity index (χ3v) is 8.00. The van der Waals surface area contributed by atoms with E-state index in [1.54, 1.807) is 31.2 Å².